The third-order valence-electron chi connectivity index (χ3n) is 4.82. The normalized spacial score (nSPS) is 34.0. The van der Waals surface area contributed by atoms with Crippen LogP contribution in [0.5, 0.6) is 0 Å². The van der Waals surface area contributed by atoms with E-state index in [1.807, 2.05) is 0 Å². The first-order chi connectivity index (χ1) is 8.38. The third-order valence-corrected chi connectivity index (χ3v) is 4.82. The molecule has 0 amide bonds. The van der Waals surface area contributed by atoms with Crippen LogP contribution in [0.1, 0.15) is 51.4 Å². The molecule has 0 aromatic carbocycles. The van der Waals surface area contributed by atoms with Crippen molar-refractivity contribution in [1.29, 1.82) is 0 Å². The molecule has 0 radical (unpaired) electrons. The number of ether oxygens (including phenoxy) is 2. The lowest BCUT2D eigenvalue weighted by atomic mass is 9.75. The molecule has 0 N–H and O–H groups in total. The highest BCUT2D eigenvalue weighted by molar-refractivity contribution is 4.92. The molecule has 1 unspecified atom stereocenters. The Kier molecular flexibility index (Phi) is 3.53. The lowest BCUT2D eigenvalue weighted by molar-refractivity contribution is -0.184. The number of rotatable bonds is 1. The summed E-state index contributed by atoms with van der Waals surface area (Å²) in [5, 5.41) is 0. The Morgan fingerprint density at radius 3 is 2.41 bits per heavy atom. The van der Waals surface area contributed by atoms with Crippen molar-refractivity contribution in [2.45, 2.75) is 57.2 Å². The van der Waals surface area contributed by atoms with Gasteiger partial charge < -0.3 is 9.47 Å². The molecule has 17 heavy (non-hydrogen) atoms. The van der Waals surface area contributed by atoms with Crippen LogP contribution in [0.2, 0.25) is 0 Å². The van der Waals surface area contributed by atoms with Crippen LogP contribution in [0.25, 0.3) is 0 Å². The first kappa shape index (κ1) is 11.7. The maximum Gasteiger partial charge on any atom is 0.168 e. The van der Waals surface area contributed by atoms with Crippen LogP contribution in [0.4, 0.5) is 0 Å². The molecule has 96 valence electrons. The monoisotopic (exact) mass is 236 g/mol. The van der Waals surface area contributed by atoms with E-state index in [2.05, 4.69) is 12.2 Å². The Balaban J connectivity index is 1.55. The zero-order valence-corrected chi connectivity index (χ0v) is 10.7. The Bertz CT molecular complexity index is 269. The quantitative estimate of drug-likeness (QED) is 0.647. The van der Waals surface area contributed by atoms with Gasteiger partial charge in [-0.15, -0.1) is 0 Å². The standard InChI is InChI=1S/C15H24O2/c1-2-4-6-13(5-3-1)14-7-9-15(10-8-14)16-11-12-17-15/h1,3,13-14H,2,4-12H2. The molecule has 2 nitrogen and oxygen atoms in total. The van der Waals surface area contributed by atoms with E-state index in [0.29, 0.717) is 0 Å². The Morgan fingerprint density at radius 1 is 0.882 bits per heavy atom. The molecule has 0 aromatic heterocycles. The molecule has 1 aliphatic heterocycles. The summed E-state index contributed by atoms with van der Waals surface area (Å²) in [6.45, 7) is 1.60. The van der Waals surface area contributed by atoms with Gasteiger partial charge in [-0.2, -0.15) is 0 Å². The molecule has 3 rings (SSSR count). The van der Waals surface area contributed by atoms with E-state index in [4.69, 9.17) is 9.47 Å². The average Bonchev–Trinajstić information content (AvgIpc) is 2.65. The minimum absolute atomic E-state index is 0.170. The second-order valence-electron chi connectivity index (χ2n) is 5.84. The van der Waals surface area contributed by atoms with Gasteiger partial charge in [0.25, 0.3) is 0 Å². The van der Waals surface area contributed by atoms with E-state index in [-0.39, 0.29) is 5.79 Å². The van der Waals surface area contributed by atoms with Crippen LogP contribution in [0.15, 0.2) is 12.2 Å². The van der Waals surface area contributed by atoms with Crippen molar-refractivity contribution in [3.63, 3.8) is 0 Å². The van der Waals surface area contributed by atoms with E-state index in [9.17, 15) is 0 Å². The maximum atomic E-state index is 5.81. The summed E-state index contributed by atoms with van der Waals surface area (Å²) in [7, 11) is 0. The van der Waals surface area contributed by atoms with Gasteiger partial charge in [-0.3, -0.25) is 0 Å². The molecule has 1 heterocycles. The van der Waals surface area contributed by atoms with Crippen molar-refractivity contribution in [1.82, 2.24) is 0 Å². The van der Waals surface area contributed by atoms with E-state index < -0.39 is 0 Å². The van der Waals surface area contributed by atoms with Crippen molar-refractivity contribution in [2.24, 2.45) is 11.8 Å². The van der Waals surface area contributed by atoms with Crippen LogP contribution < -0.4 is 0 Å². The highest BCUT2D eigenvalue weighted by Gasteiger charge is 2.41. The van der Waals surface area contributed by atoms with E-state index >= 15 is 0 Å². The fraction of sp³-hybridized carbons (Fsp3) is 0.867. The molecule has 0 aromatic rings. The van der Waals surface area contributed by atoms with Crippen molar-refractivity contribution in [3.8, 4) is 0 Å². The van der Waals surface area contributed by atoms with Crippen LogP contribution in [-0.4, -0.2) is 19.0 Å². The predicted octanol–water partition coefficient (Wildman–Crippen LogP) is 3.67. The van der Waals surface area contributed by atoms with E-state index in [1.165, 1.54) is 38.5 Å². The first-order valence-electron chi connectivity index (χ1n) is 7.31. The summed E-state index contributed by atoms with van der Waals surface area (Å²) in [5.41, 5.74) is 0. The molecule has 0 bridgehead atoms. The molecule has 1 saturated carbocycles. The molecule has 2 heteroatoms. The molecule has 2 fully saturated rings. The van der Waals surface area contributed by atoms with Gasteiger partial charge in [0.15, 0.2) is 5.79 Å². The van der Waals surface area contributed by atoms with Gasteiger partial charge in [-0.1, -0.05) is 12.2 Å². The molecule has 2 aliphatic carbocycles. The summed E-state index contributed by atoms with van der Waals surface area (Å²) in [6.07, 6.45) is 15.0. The van der Waals surface area contributed by atoms with Crippen molar-refractivity contribution < 1.29 is 9.47 Å². The van der Waals surface area contributed by atoms with Gasteiger partial charge in [0.2, 0.25) is 0 Å². The Morgan fingerprint density at radius 2 is 1.65 bits per heavy atom. The van der Waals surface area contributed by atoms with Crippen LogP contribution in [-0.2, 0) is 9.47 Å². The van der Waals surface area contributed by atoms with Gasteiger partial charge in [0.1, 0.15) is 0 Å². The number of hydrogen-bond donors (Lipinski definition) is 0. The van der Waals surface area contributed by atoms with Gasteiger partial charge in [-0.25, -0.2) is 0 Å². The zero-order valence-electron chi connectivity index (χ0n) is 10.7. The Labute approximate surface area is 104 Å². The van der Waals surface area contributed by atoms with Crippen LogP contribution >= 0.6 is 0 Å². The second-order valence-corrected chi connectivity index (χ2v) is 5.84. The highest BCUT2D eigenvalue weighted by atomic mass is 16.7. The third kappa shape index (κ3) is 2.58. The number of allylic oxidation sites excluding steroid dienone is 2. The molecule has 1 atom stereocenters. The SMILES string of the molecule is C1=CCC(C2CCC3(CC2)OCCO3)CCC1. The van der Waals surface area contributed by atoms with Gasteiger partial charge in [0, 0.05) is 12.8 Å². The number of hydrogen-bond acceptors (Lipinski definition) is 2. The van der Waals surface area contributed by atoms with E-state index in [0.717, 1.165) is 37.9 Å². The van der Waals surface area contributed by atoms with Crippen molar-refractivity contribution in [2.75, 3.05) is 13.2 Å². The van der Waals surface area contributed by atoms with Crippen molar-refractivity contribution in [3.05, 3.63) is 12.2 Å². The zero-order chi connectivity index (χ0) is 11.6. The summed E-state index contributed by atoms with van der Waals surface area (Å²) in [6, 6.07) is 0. The topological polar surface area (TPSA) is 18.5 Å². The molecule has 1 saturated heterocycles. The van der Waals surface area contributed by atoms with E-state index in [1.54, 1.807) is 0 Å². The van der Waals surface area contributed by atoms with Gasteiger partial charge in [-0.05, 0) is 50.4 Å². The van der Waals surface area contributed by atoms with Crippen LogP contribution in [0, 0.1) is 11.8 Å². The minimum atomic E-state index is -0.170. The second kappa shape index (κ2) is 5.11. The smallest absolute Gasteiger partial charge is 0.168 e. The molecule has 1 spiro atoms. The molecular formula is C15H24O2. The summed E-state index contributed by atoms with van der Waals surface area (Å²) < 4.78 is 11.6. The largest absolute Gasteiger partial charge is 0.348 e. The summed E-state index contributed by atoms with van der Waals surface area (Å²) in [4.78, 5) is 0. The first-order valence-corrected chi connectivity index (χ1v) is 7.31. The lowest BCUT2D eigenvalue weighted by Gasteiger charge is -2.38. The predicted molar refractivity (Wildman–Crippen MR) is 67.7 cm³/mol. The maximum absolute atomic E-state index is 5.81. The van der Waals surface area contributed by atoms with Gasteiger partial charge in [0.05, 0.1) is 13.2 Å². The summed E-state index contributed by atoms with van der Waals surface area (Å²) >= 11 is 0. The fourth-order valence-corrected chi connectivity index (χ4v) is 3.77. The molecular weight excluding hydrogens is 212 g/mol. The molecule has 3 aliphatic rings. The lowest BCUT2D eigenvalue weighted by Crippen LogP contribution is -2.36. The van der Waals surface area contributed by atoms with Gasteiger partial charge >= 0.3 is 0 Å². The van der Waals surface area contributed by atoms with Crippen molar-refractivity contribution >= 4 is 0 Å². The van der Waals surface area contributed by atoms with Crippen LogP contribution in [0.3, 0.4) is 0 Å². The fourth-order valence-electron chi connectivity index (χ4n) is 3.77. The highest BCUT2D eigenvalue weighted by Crippen LogP contribution is 2.43. The Hall–Kier alpha value is -0.340. The minimum Gasteiger partial charge on any atom is -0.348 e. The summed E-state index contributed by atoms with van der Waals surface area (Å²) in [5.74, 6) is 1.67. The average molecular weight is 236 g/mol.